The lowest BCUT2D eigenvalue weighted by atomic mass is 10.0. The summed E-state index contributed by atoms with van der Waals surface area (Å²) in [6.07, 6.45) is 1.50. The summed E-state index contributed by atoms with van der Waals surface area (Å²) in [5, 5.41) is 7.97. The van der Waals surface area contributed by atoms with Gasteiger partial charge in [0.1, 0.15) is 0 Å². The Balaban J connectivity index is 1.56. The minimum absolute atomic E-state index is 0.131. The summed E-state index contributed by atoms with van der Waals surface area (Å²) in [6.45, 7) is 6.37. The number of benzene rings is 1. The fourth-order valence-corrected chi connectivity index (χ4v) is 3.24. The Hall–Kier alpha value is -3.55. The van der Waals surface area contributed by atoms with Gasteiger partial charge in [0, 0.05) is 18.8 Å². The van der Waals surface area contributed by atoms with Gasteiger partial charge < -0.3 is 9.84 Å². The van der Waals surface area contributed by atoms with Crippen LogP contribution >= 0.6 is 0 Å². The van der Waals surface area contributed by atoms with E-state index >= 15 is 0 Å². The number of carbonyl (C=O) groups is 1. The smallest absolute Gasteiger partial charge is 0.261 e. The number of nitrogens with zero attached hydrogens (tertiary/aromatic N) is 4. The minimum Gasteiger partial charge on any atom is -0.350 e. The summed E-state index contributed by atoms with van der Waals surface area (Å²) >= 11 is 0. The molecule has 3 aromatic heterocycles. The second-order valence-corrected chi connectivity index (χ2v) is 7.21. The number of carbonyl (C=O) groups excluding carboxylic acids is 1. The van der Waals surface area contributed by atoms with Crippen LogP contribution < -0.4 is 10.9 Å². The fraction of sp³-hybridized carbons (Fsp3) is 0.286. The molecule has 1 amide bonds. The van der Waals surface area contributed by atoms with E-state index < -0.39 is 0 Å². The van der Waals surface area contributed by atoms with E-state index in [-0.39, 0.29) is 23.9 Å². The normalized spacial score (nSPS) is 11.4. The first-order valence-electron chi connectivity index (χ1n) is 9.45. The molecule has 0 saturated heterocycles. The highest BCUT2D eigenvalue weighted by molar-refractivity contribution is 6.06. The first kappa shape index (κ1) is 18.8. The number of nitrogens with one attached hydrogen (secondary N) is 1. The highest BCUT2D eigenvalue weighted by atomic mass is 16.5. The molecule has 8 heteroatoms. The number of aromatic nitrogens is 4. The van der Waals surface area contributed by atoms with Crippen molar-refractivity contribution in [1.29, 1.82) is 0 Å². The topological polar surface area (TPSA) is 103 Å². The van der Waals surface area contributed by atoms with Crippen LogP contribution in [0, 0.1) is 6.92 Å². The van der Waals surface area contributed by atoms with Crippen molar-refractivity contribution in [3.8, 4) is 0 Å². The van der Waals surface area contributed by atoms with Crippen LogP contribution in [-0.2, 0) is 6.54 Å². The van der Waals surface area contributed by atoms with Gasteiger partial charge in [0.2, 0.25) is 0 Å². The molecular weight excluding hydrogens is 370 g/mol. The van der Waals surface area contributed by atoms with E-state index in [1.807, 2.05) is 19.9 Å². The van der Waals surface area contributed by atoms with Crippen molar-refractivity contribution in [1.82, 2.24) is 25.0 Å². The molecule has 4 aromatic rings. The van der Waals surface area contributed by atoms with Crippen molar-refractivity contribution in [3.63, 3.8) is 0 Å². The Kier molecular flexibility index (Phi) is 4.84. The number of aryl methyl sites for hydroxylation is 1. The number of fused-ring (bicyclic) bond motifs is 2. The number of hydrogen-bond acceptors (Lipinski definition) is 6. The first-order chi connectivity index (χ1) is 14.0. The largest absolute Gasteiger partial charge is 0.350 e. The zero-order chi connectivity index (χ0) is 20.5. The lowest BCUT2D eigenvalue weighted by Crippen LogP contribution is -2.31. The van der Waals surface area contributed by atoms with E-state index in [9.17, 15) is 9.59 Å². The van der Waals surface area contributed by atoms with E-state index in [4.69, 9.17) is 4.52 Å². The standard InChI is InChI=1S/C21H21N5O3/c1-12(2)17-10-15(18-13(3)25-29-20(18)24-17)19(27)22-8-9-26-11-23-16-7-5-4-6-14(16)21(26)28/h4-7,10-12H,8-9H2,1-3H3,(H,22,27). The minimum atomic E-state index is -0.257. The molecule has 4 rings (SSSR count). The van der Waals surface area contributed by atoms with Crippen molar-refractivity contribution in [2.75, 3.05) is 6.54 Å². The molecule has 0 fully saturated rings. The van der Waals surface area contributed by atoms with Crippen LogP contribution in [0.5, 0.6) is 0 Å². The number of pyridine rings is 1. The van der Waals surface area contributed by atoms with Gasteiger partial charge in [0.05, 0.1) is 33.9 Å². The average molecular weight is 391 g/mol. The maximum atomic E-state index is 12.9. The lowest BCUT2D eigenvalue weighted by molar-refractivity contribution is 0.0953. The molecule has 0 saturated carbocycles. The maximum absolute atomic E-state index is 12.9. The maximum Gasteiger partial charge on any atom is 0.261 e. The molecule has 8 nitrogen and oxygen atoms in total. The highest BCUT2D eigenvalue weighted by Gasteiger charge is 2.19. The predicted octanol–water partition coefficient (Wildman–Crippen LogP) is 2.79. The summed E-state index contributed by atoms with van der Waals surface area (Å²) in [6, 6.07) is 8.96. The molecule has 148 valence electrons. The monoisotopic (exact) mass is 391 g/mol. The fourth-order valence-electron chi connectivity index (χ4n) is 3.24. The molecule has 1 N–H and O–H groups in total. The molecule has 0 spiro atoms. The molecule has 0 aliphatic carbocycles. The van der Waals surface area contributed by atoms with Crippen LogP contribution in [0.1, 0.15) is 41.5 Å². The van der Waals surface area contributed by atoms with Gasteiger partial charge in [0.15, 0.2) is 0 Å². The van der Waals surface area contributed by atoms with E-state index in [0.29, 0.717) is 39.8 Å². The van der Waals surface area contributed by atoms with Crippen LogP contribution in [0.4, 0.5) is 0 Å². The summed E-state index contributed by atoms with van der Waals surface area (Å²) in [5.41, 5.74) is 2.72. The average Bonchev–Trinajstić information content (AvgIpc) is 3.10. The Morgan fingerprint density at radius 2 is 2.07 bits per heavy atom. The van der Waals surface area contributed by atoms with Crippen LogP contribution in [0.25, 0.3) is 22.0 Å². The number of hydrogen-bond donors (Lipinski definition) is 1. The van der Waals surface area contributed by atoms with Crippen molar-refractivity contribution >= 4 is 27.9 Å². The molecule has 0 atom stereocenters. The molecule has 0 aliphatic rings. The number of amides is 1. The van der Waals surface area contributed by atoms with Gasteiger partial charge in [-0.15, -0.1) is 0 Å². The molecule has 0 aliphatic heterocycles. The van der Waals surface area contributed by atoms with Gasteiger partial charge >= 0.3 is 0 Å². The van der Waals surface area contributed by atoms with Crippen molar-refractivity contribution < 1.29 is 9.32 Å². The number of rotatable bonds is 5. The van der Waals surface area contributed by atoms with E-state index in [1.165, 1.54) is 10.9 Å². The van der Waals surface area contributed by atoms with Gasteiger partial charge in [-0.3, -0.25) is 14.2 Å². The van der Waals surface area contributed by atoms with Crippen LogP contribution in [-0.4, -0.2) is 32.1 Å². The van der Waals surface area contributed by atoms with Gasteiger partial charge in [-0.2, -0.15) is 0 Å². The molecule has 1 aromatic carbocycles. The Morgan fingerprint density at radius 3 is 2.86 bits per heavy atom. The van der Waals surface area contributed by atoms with Crippen LogP contribution in [0.15, 0.2) is 46.0 Å². The molecule has 3 heterocycles. The summed E-state index contributed by atoms with van der Waals surface area (Å²) in [4.78, 5) is 34.2. The van der Waals surface area contributed by atoms with E-state index in [0.717, 1.165) is 5.69 Å². The number of para-hydroxylation sites is 1. The Bertz CT molecular complexity index is 1270. The molecular formula is C21H21N5O3. The molecule has 29 heavy (non-hydrogen) atoms. The zero-order valence-corrected chi connectivity index (χ0v) is 16.5. The third kappa shape index (κ3) is 3.49. The quantitative estimate of drug-likeness (QED) is 0.561. The van der Waals surface area contributed by atoms with Crippen molar-refractivity contribution in [2.45, 2.75) is 33.2 Å². The van der Waals surface area contributed by atoms with Crippen LogP contribution in [0.3, 0.4) is 0 Å². The first-order valence-corrected chi connectivity index (χ1v) is 9.45. The third-order valence-electron chi connectivity index (χ3n) is 4.84. The summed E-state index contributed by atoms with van der Waals surface area (Å²) < 4.78 is 6.76. The predicted molar refractivity (Wildman–Crippen MR) is 109 cm³/mol. The van der Waals surface area contributed by atoms with E-state index in [2.05, 4.69) is 20.4 Å². The van der Waals surface area contributed by atoms with Gasteiger partial charge in [-0.1, -0.05) is 31.1 Å². The van der Waals surface area contributed by atoms with Crippen molar-refractivity contribution in [3.05, 3.63) is 64.0 Å². The Morgan fingerprint density at radius 1 is 1.28 bits per heavy atom. The third-order valence-corrected chi connectivity index (χ3v) is 4.84. The molecule has 0 radical (unpaired) electrons. The Labute approximate surface area is 166 Å². The molecule has 0 bridgehead atoms. The zero-order valence-electron chi connectivity index (χ0n) is 16.5. The van der Waals surface area contributed by atoms with Gasteiger partial charge in [-0.05, 0) is 31.0 Å². The SMILES string of the molecule is Cc1noc2nc(C(C)C)cc(C(=O)NCCn3cnc4ccccc4c3=O)c12. The van der Waals surface area contributed by atoms with Gasteiger partial charge in [0.25, 0.3) is 17.2 Å². The van der Waals surface area contributed by atoms with E-state index in [1.54, 1.807) is 31.2 Å². The molecule has 0 unspecified atom stereocenters. The summed E-state index contributed by atoms with van der Waals surface area (Å²) in [7, 11) is 0. The van der Waals surface area contributed by atoms with Crippen molar-refractivity contribution in [2.24, 2.45) is 0 Å². The van der Waals surface area contributed by atoms with Crippen LogP contribution in [0.2, 0.25) is 0 Å². The summed E-state index contributed by atoms with van der Waals surface area (Å²) in [5.74, 6) is -0.119. The second-order valence-electron chi connectivity index (χ2n) is 7.21. The highest BCUT2D eigenvalue weighted by Crippen LogP contribution is 2.25. The second kappa shape index (κ2) is 7.46. The lowest BCUT2D eigenvalue weighted by Gasteiger charge is -2.11. The van der Waals surface area contributed by atoms with Gasteiger partial charge in [-0.25, -0.2) is 9.97 Å².